The highest BCUT2D eigenvalue weighted by molar-refractivity contribution is 7.99. The van der Waals surface area contributed by atoms with Crippen molar-refractivity contribution in [2.75, 3.05) is 50.5 Å². The molecule has 3 aliphatic rings. The minimum Gasteiger partial charge on any atom is -0.338 e. The molecule has 1 atom stereocenters. The van der Waals surface area contributed by atoms with Gasteiger partial charge in [-0.05, 0) is 12.2 Å². The zero-order valence-electron chi connectivity index (χ0n) is 13.4. The molecule has 1 spiro atoms. The number of thioether (sulfide) groups is 1. The van der Waals surface area contributed by atoms with Crippen molar-refractivity contribution in [3.05, 3.63) is 0 Å². The number of hydrogen-bond acceptors (Lipinski definition) is 6. The largest absolute Gasteiger partial charge is 0.338 e. The lowest BCUT2D eigenvalue weighted by molar-refractivity contribution is -0.139. The quantitative estimate of drug-likeness (QED) is 0.602. The van der Waals surface area contributed by atoms with Gasteiger partial charge in [0.15, 0.2) is 0 Å². The topological polar surface area (TPSA) is 107 Å². The summed E-state index contributed by atoms with van der Waals surface area (Å²) in [6, 6.07) is -0.523. The smallest absolute Gasteiger partial charge is 0.325 e. The van der Waals surface area contributed by atoms with Crippen LogP contribution in [0.15, 0.2) is 0 Å². The maximum absolute atomic E-state index is 12.5. The molecule has 3 saturated heterocycles. The van der Waals surface area contributed by atoms with Crippen LogP contribution in [-0.4, -0.2) is 96.4 Å². The van der Waals surface area contributed by atoms with Crippen molar-refractivity contribution in [2.24, 2.45) is 0 Å². The number of urea groups is 1. The van der Waals surface area contributed by atoms with Gasteiger partial charge in [0, 0.05) is 31.9 Å². The van der Waals surface area contributed by atoms with Gasteiger partial charge in [0.05, 0.1) is 6.26 Å². The molecule has 3 heterocycles. The van der Waals surface area contributed by atoms with Crippen LogP contribution in [-0.2, 0) is 19.6 Å². The maximum Gasteiger partial charge on any atom is 0.325 e. The van der Waals surface area contributed by atoms with Crippen molar-refractivity contribution in [3.63, 3.8) is 0 Å². The number of hydrogen-bond donors (Lipinski definition) is 1. The Labute approximate surface area is 144 Å². The van der Waals surface area contributed by atoms with E-state index in [-0.39, 0.29) is 44.5 Å². The van der Waals surface area contributed by atoms with Crippen molar-refractivity contribution < 1.29 is 22.8 Å². The zero-order valence-corrected chi connectivity index (χ0v) is 15.0. The number of nitrogens with zero attached hydrogens (tertiary/aromatic N) is 3. The first-order valence-electron chi connectivity index (χ1n) is 7.68. The fourth-order valence-electron chi connectivity index (χ4n) is 3.16. The monoisotopic (exact) mass is 376 g/mol. The summed E-state index contributed by atoms with van der Waals surface area (Å²) < 4.78 is 24.3. The number of nitrogens with one attached hydrogen (secondary N) is 1. The van der Waals surface area contributed by atoms with E-state index in [1.54, 1.807) is 11.8 Å². The Morgan fingerprint density at radius 1 is 1.25 bits per heavy atom. The number of carbonyl (C=O) groups excluding carboxylic acids is 3. The number of carbonyl (C=O) groups is 3. The number of sulfonamides is 1. The Hall–Kier alpha value is -1.33. The van der Waals surface area contributed by atoms with E-state index >= 15 is 0 Å². The Kier molecular flexibility index (Phi) is 4.51. The van der Waals surface area contributed by atoms with Crippen molar-refractivity contribution in [1.82, 2.24) is 19.4 Å². The van der Waals surface area contributed by atoms with Crippen LogP contribution in [0.25, 0.3) is 0 Å². The number of amides is 4. The molecule has 0 aromatic carbocycles. The summed E-state index contributed by atoms with van der Waals surface area (Å²) in [5.41, 5.74) is -0.850. The first-order chi connectivity index (χ1) is 11.2. The summed E-state index contributed by atoms with van der Waals surface area (Å²) in [6.45, 7) is 0.680. The number of imide groups is 1. The van der Waals surface area contributed by atoms with Crippen molar-refractivity contribution in [2.45, 2.75) is 12.0 Å². The third-order valence-electron chi connectivity index (χ3n) is 4.62. The summed E-state index contributed by atoms with van der Waals surface area (Å²) in [7, 11) is -3.27. The van der Waals surface area contributed by atoms with Crippen molar-refractivity contribution in [3.8, 4) is 0 Å². The van der Waals surface area contributed by atoms with E-state index in [0.29, 0.717) is 12.2 Å². The van der Waals surface area contributed by atoms with E-state index in [9.17, 15) is 22.8 Å². The van der Waals surface area contributed by atoms with E-state index < -0.39 is 21.6 Å². The lowest BCUT2D eigenvalue weighted by Gasteiger charge is -2.33. The fourth-order valence-corrected chi connectivity index (χ4v) is 5.31. The number of rotatable bonds is 3. The second kappa shape index (κ2) is 6.19. The van der Waals surface area contributed by atoms with Gasteiger partial charge in [-0.2, -0.15) is 16.1 Å². The number of piperazine rings is 1. The molecule has 1 N–H and O–H groups in total. The molecule has 0 aliphatic carbocycles. The minimum absolute atomic E-state index is 0.227. The van der Waals surface area contributed by atoms with Crippen LogP contribution < -0.4 is 5.32 Å². The van der Waals surface area contributed by atoms with Gasteiger partial charge in [-0.25, -0.2) is 13.2 Å². The molecular weight excluding hydrogens is 356 g/mol. The molecular formula is C13H20N4O5S2. The molecule has 0 aromatic rings. The van der Waals surface area contributed by atoms with Crippen LogP contribution in [0.1, 0.15) is 6.42 Å². The molecule has 4 amide bonds. The maximum atomic E-state index is 12.5. The van der Waals surface area contributed by atoms with E-state index in [1.165, 1.54) is 9.21 Å². The van der Waals surface area contributed by atoms with E-state index in [2.05, 4.69) is 5.32 Å². The third-order valence-corrected chi connectivity index (χ3v) is 7.11. The lowest BCUT2D eigenvalue weighted by atomic mass is 9.99. The first-order valence-corrected chi connectivity index (χ1v) is 10.7. The molecule has 0 saturated carbocycles. The molecule has 24 heavy (non-hydrogen) atoms. The minimum atomic E-state index is -3.27. The van der Waals surface area contributed by atoms with Crippen LogP contribution in [0.4, 0.5) is 4.79 Å². The first kappa shape index (κ1) is 17.5. The van der Waals surface area contributed by atoms with Crippen molar-refractivity contribution in [1.29, 1.82) is 0 Å². The van der Waals surface area contributed by atoms with Crippen LogP contribution >= 0.6 is 11.8 Å². The second-order valence-electron chi connectivity index (χ2n) is 6.25. The van der Waals surface area contributed by atoms with Gasteiger partial charge >= 0.3 is 6.03 Å². The third kappa shape index (κ3) is 3.11. The summed E-state index contributed by atoms with van der Waals surface area (Å²) >= 11 is 1.61. The zero-order chi connectivity index (χ0) is 17.5. The Balaban J connectivity index is 1.60. The average molecular weight is 376 g/mol. The van der Waals surface area contributed by atoms with E-state index in [0.717, 1.165) is 16.9 Å². The normalized spacial score (nSPS) is 28.7. The Morgan fingerprint density at radius 3 is 2.46 bits per heavy atom. The predicted octanol–water partition coefficient (Wildman–Crippen LogP) is -1.48. The molecule has 0 aromatic heterocycles. The van der Waals surface area contributed by atoms with Gasteiger partial charge in [-0.1, -0.05) is 0 Å². The average Bonchev–Trinajstić information content (AvgIpc) is 3.08. The van der Waals surface area contributed by atoms with Crippen LogP contribution in [0, 0.1) is 0 Å². The lowest BCUT2D eigenvalue weighted by Crippen LogP contribution is -2.53. The molecule has 0 radical (unpaired) electrons. The van der Waals surface area contributed by atoms with Gasteiger partial charge in [0.25, 0.3) is 5.91 Å². The Bertz CT molecular complexity index is 666. The molecule has 3 rings (SSSR count). The molecule has 1 unspecified atom stereocenters. The van der Waals surface area contributed by atoms with E-state index in [4.69, 9.17) is 0 Å². The predicted molar refractivity (Wildman–Crippen MR) is 87.9 cm³/mol. The highest BCUT2D eigenvalue weighted by Crippen LogP contribution is 2.33. The SMILES string of the molecule is CS(=O)(=O)N1CCN(C(=O)CN2C(=O)NC3(CCSC3)C2=O)CC1. The second-order valence-corrected chi connectivity index (χ2v) is 9.34. The summed E-state index contributed by atoms with van der Waals surface area (Å²) in [5, 5.41) is 2.72. The van der Waals surface area contributed by atoms with Gasteiger partial charge in [-0.3, -0.25) is 14.5 Å². The van der Waals surface area contributed by atoms with Gasteiger partial charge in [0.1, 0.15) is 12.1 Å². The summed E-state index contributed by atoms with van der Waals surface area (Å²) in [4.78, 5) is 39.5. The fraction of sp³-hybridized carbons (Fsp3) is 0.769. The Morgan fingerprint density at radius 2 is 1.92 bits per heavy atom. The van der Waals surface area contributed by atoms with Gasteiger partial charge in [-0.15, -0.1) is 0 Å². The van der Waals surface area contributed by atoms with Gasteiger partial charge in [0.2, 0.25) is 15.9 Å². The van der Waals surface area contributed by atoms with Crippen LogP contribution in [0.5, 0.6) is 0 Å². The summed E-state index contributed by atoms with van der Waals surface area (Å²) in [6.07, 6.45) is 1.72. The molecule has 9 nitrogen and oxygen atoms in total. The van der Waals surface area contributed by atoms with Crippen LogP contribution in [0.3, 0.4) is 0 Å². The van der Waals surface area contributed by atoms with Crippen LogP contribution in [0.2, 0.25) is 0 Å². The summed E-state index contributed by atoms with van der Waals surface area (Å²) in [5.74, 6) is 0.672. The standard InChI is InChI=1S/C13H20N4O5S2/c1-24(21,22)16-5-3-15(4-6-16)10(18)8-17-11(19)13(14-12(17)20)2-7-23-9-13/h2-9H2,1H3,(H,14,20). The molecule has 134 valence electrons. The highest BCUT2D eigenvalue weighted by Gasteiger charge is 2.53. The molecule has 11 heteroatoms. The molecule has 3 fully saturated rings. The van der Waals surface area contributed by atoms with Gasteiger partial charge < -0.3 is 10.2 Å². The van der Waals surface area contributed by atoms with Crippen molar-refractivity contribution >= 4 is 39.6 Å². The molecule has 3 aliphatic heterocycles. The molecule has 0 bridgehead atoms. The highest BCUT2D eigenvalue weighted by atomic mass is 32.2. The van der Waals surface area contributed by atoms with E-state index in [1.807, 2.05) is 0 Å².